The second-order valence-electron chi connectivity index (χ2n) is 5.22. The lowest BCUT2D eigenvalue weighted by atomic mass is 9.96. The Kier molecular flexibility index (Phi) is 3.99. The zero-order valence-corrected chi connectivity index (χ0v) is 12.3. The molecule has 2 amide bonds. The molecule has 8 nitrogen and oxygen atoms in total. The average molecular weight is 313 g/mol. The van der Waals surface area contributed by atoms with Gasteiger partial charge in [-0.05, 0) is 34.0 Å². The van der Waals surface area contributed by atoms with Gasteiger partial charge < -0.3 is 9.73 Å². The van der Waals surface area contributed by atoms with E-state index < -0.39 is 11.3 Å². The van der Waals surface area contributed by atoms with E-state index in [1.54, 1.807) is 20.8 Å². The molecule has 2 aromatic heterocycles. The first-order valence-electron chi connectivity index (χ1n) is 5.98. The molecule has 9 heteroatoms. The zero-order valence-electron chi connectivity index (χ0n) is 11.6. The standard InChI is InChI=1S/C12H13ClN4O4/c1-12(2,3)11(19)15-9-8(16-21-17-9)14-10(18)6-4-5-7(13)20-6/h4-5H,1-3H3,(H,14,16,18)(H,15,17,19). The van der Waals surface area contributed by atoms with Crippen molar-refractivity contribution in [3.63, 3.8) is 0 Å². The van der Waals surface area contributed by atoms with E-state index in [9.17, 15) is 9.59 Å². The lowest BCUT2D eigenvalue weighted by Crippen LogP contribution is -2.28. The molecule has 0 radical (unpaired) electrons. The van der Waals surface area contributed by atoms with E-state index in [1.165, 1.54) is 12.1 Å². The van der Waals surface area contributed by atoms with Crippen molar-refractivity contribution in [3.8, 4) is 0 Å². The maximum absolute atomic E-state index is 11.9. The van der Waals surface area contributed by atoms with Crippen LogP contribution in [0.25, 0.3) is 0 Å². The van der Waals surface area contributed by atoms with Crippen molar-refractivity contribution in [2.45, 2.75) is 20.8 Å². The molecule has 0 unspecified atom stereocenters. The summed E-state index contributed by atoms with van der Waals surface area (Å²) < 4.78 is 9.47. The van der Waals surface area contributed by atoms with Crippen LogP contribution in [0.15, 0.2) is 21.2 Å². The number of furan rings is 1. The molecule has 0 fully saturated rings. The van der Waals surface area contributed by atoms with Crippen LogP contribution in [0.5, 0.6) is 0 Å². The van der Waals surface area contributed by atoms with Crippen molar-refractivity contribution in [2.75, 3.05) is 10.6 Å². The topological polar surface area (TPSA) is 110 Å². The Bertz CT molecular complexity index is 671. The van der Waals surface area contributed by atoms with Crippen LogP contribution in [0.2, 0.25) is 5.22 Å². The quantitative estimate of drug-likeness (QED) is 0.901. The fourth-order valence-corrected chi connectivity index (χ4v) is 1.40. The summed E-state index contributed by atoms with van der Waals surface area (Å²) in [5, 5.41) is 12.0. The molecule has 0 aromatic carbocycles. The van der Waals surface area contributed by atoms with E-state index in [0.29, 0.717) is 0 Å². The largest absolute Gasteiger partial charge is 0.440 e. The highest BCUT2D eigenvalue weighted by molar-refractivity contribution is 6.29. The van der Waals surface area contributed by atoms with Gasteiger partial charge in [0.25, 0.3) is 5.91 Å². The minimum absolute atomic E-state index is 0.00361. The van der Waals surface area contributed by atoms with Crippen LogP contribution >= 0.6 is 11.6 Å². The normalized spacial score (nSPS) is 11.2. The predicted octanol–water partition coefficient (Wildman–Crippen LogP) is 2.55. The Morgan fingerprint density at radius 3 is 2.29 bits per heavy atom. The fourth-order valence-electron chi connectivity index (χ4n) is 1.25. The second kappa shape index (κ2) is 5.57. The summed E-state index contributed by atoms with van der Waals surface area (Å²) in [6, 6.07) is 2.83. The van der Waals surface area contributed by atoms with Gasteiger partial charge in [0.2, 0.25) is 17.5 Å². The molecular weight excluding hydrogens is 300 g/mol. The summed E-state index contributed by atoms with van der Waals surface area (Å²) in [4.78, 5) is 23.7. The summed E-state index contributed by atoms with van der Waals surface area (Å²) in [5.41, 5.74) is -0.630. The van der Waals surface area contributed by atoms with Crippen LogP contribution in [0, 0.1) is 5.41 Å². The smallest absolute Gasteiger partial charge is 0.292 e. The maximum Gasteiger partial charge on any atom is 0.292 e. The third-order valence-electron chi connectivity index (χ3n) is 2.43. The summed E-state index contributed by atoms with van der Waals surface area (Å²) in [6.45, 7) is 5.21. The van der Waals surface area contributed by atoms with Gasteiger partial charge in [-0.1, -0.05) is 20.8 Å². The molecule has 21 heavy (non-hydrogen) atoms. The van der Waals surface area contributed by atoms with Crippen molar-refractivity contribution >= 4 is 35.1 Å². The highest BCUT2D eigenvalue weighted by atomic mass is 35.5. The summed E-state index contributed by atoms with van der Waals surface area (Å²) in [6.07, 6.45) is 0. The summed E-state index contributed by atoms with van der Waals surface area (Å²) >= 11 is 5.59. The van der Waals surface area contributed by atoms with Crippen molar-refractivity contribution in [2.24, 2.45) is 5.41 Å². The Morgan fingerprint density at radius 1 is 1.14 bits per heavy atom. The second-order valence-corrected chi connectivity index (χ2v) is 5.60. The van der Waals surface area contributed by atoms with Gasteiger partial charge in [-0.15, -0.1) is 0 Å². The Morgan fingerprint density at radius 2 is 1.76 bits per heavy atom. The molecule has 2 heterocycles. The van der Waals surface area contributed by atoms with Crippen LogP contribution in [-0.4, -0.2) is 22.1 Å². The third-order valence-corrected chi connectivity index (χ3v) is 2.63. The predicted molar refractivity (Wildman–Crippen MR) is 74.1 cm³/mol. The first-order valence-corrected chi connectivity index (χ1v) is 6.36. The van der Waals surface area contributed by atoms with Gasteiger partial charge in [0, 0.05) is 5.41 Å². The molecule has 2 rings (SSSR count). The van der Waals surface area contributed by atoms with Gasteiger partial charge >= 0.3 is 0 Å². The fraction of sp³-hybridized carbons (Fsp3) is 0.333. The molecule has 0 spiro atoms. The molecule has 0 saturated heterocycles. The van der Waals surface area contributed by atoms with Crippen LogP contribution in [0.3, 0.4) is 0 Å². The van der Waals surface area contributed by atoms with E-state index in [4.69, 9.17) is 16.0 Å². The van der Waals surface area contributed by atoms with Gasteiger partial charge in [-0.25, -0.2) is 4.63 Å². The van der Waals surface area contributed by atoms with Crippen molar-refractivity contribution in [3.05, 3.63) is 23.1 Å². The number of nitrogens with zero attached hydrogens (tertiary/aromatic N) is 2. The van der Waals surface area contributed by atoms with Gasteiger partial charge in [-0.2, -0.15) is 0 Å². The maximum atomic E-state index is 11.9. The van der Waals surface area contributed by atoms with E-state index >= 15 is 0 Å². The summed E-state index contributed by atoms with van der Waals surface area (Å²) in [7, 11) is 0. The minimum Gasteiger partial charge on any atom is -0.440 e. The van der Waals surface area contributed by atoms with Gasteiger partial charge in [0.15, 0.2) is 11.0 Å². The number of halogens is 1. The van der Waals surface area contributed by atoms with E-state index in [2.05, 4.69) is 25.6 Å². The number of carbonyl (C=O) groups is 2. The van der Waals surface area contributed by atoms with E-state index in [0.717, 1.165) is 0 Å². The SMILES string of the molecule is CC(C)(C)C(=O)Nc1nonc1NC(=O)c1ccc(Cl)o1. The zero-order chi connectivity index (χ0) is 15.6. The van der Waals surface area contributed by atoms with Gasteiger partial charge in [0.1, 0.15) is 0 Å². The molecule has 112 valence electrons. The van der Waals surface area contributed by atoms with E-state index in [1.807, 2.05) is 0 Å². The van der Waals surface area contributed by atoms with Crippen LogP contribution in [0.4, 0.5) is 11.6 Å². The van der Waals surface area contributed by atoms with Crippen molar-refractivity contribution in [1.82, 2.24) is 10.3 Å². The molecule has 0 saturated carbocycles. The number of anilines is 2. The Labute approximate surface area is 124 Å². The number of hydrogen-bond donors (Lipinski definition) is 2. The number of aromatic nitrogens is 2. The minimum atomic E-state index is -0.630. The lowest BCUT2D eigenvalue weighted by molar-refractivity contribution is -0.123. The monoisotopic (exact) mass is 312 g/mol. The molecule has 0 aliphatic carbocycles. The number of hydrogen-bond acceptors (Lipinski definition) is 6. The molecule has 0 aliphatic heterocycles. The van der Waals surface area contributed by atoms with Crippen molar-refractivity contribution in [1.29, 1.82) is 0 Å². The Hall–Kier alpha value is -2.35. The number of amides is 2. The molecule has 2 aromatic rings. The highest BCUT2D eigenvalue weighted by Gasteiger charge is 2.25. The average Bonchev–Trinajstić information content (AvgIpc) is 2.98. The molecule has 0 bridgehead atoms. The molecule has 0 atom stereocenters. The highest BCUT2D eigenvalue weighted by Crippen LogP contribution is 2.22. The van der Waals surface area contributed by atoms with Crippen LogP contribution in [0.1, 0.15) is 31.3 Å². The molecule has 0 aliphatic rings. The lowest BCUT2D eigenvalue weighted by Gasteiger charge is -2.16. The third kappa shape index (κ3) is 3.60. The van der Waals surface area contributed by atoms with E-state index in [-0.39, 0.29) is 28.5 Å². The van der Waals surface area contributed by atoms with Crippen LogP contribution < -0.4 is 10.6 Å². The Balaban J connectivity index is 2.10. The number of nitrogens with one attached hydrogen (secondary N) is 2. The molecular formula is C12H13ClN4O4. The number of rotatable bonds is 3. The van der Waals surface area contributed by atoms with Crippen LogP contribution in [-0.2, 0) is 4.79 Å². The van der Waals surface area contributed by atoms with Gasteiger partial charge in [0.05, 0.1) is 0 Å². The first-order chi connectivity index (χ1) is 9.77. The van der Waals surface area contributed by atoms with Crippen molar-refractivity contribution < 1.29 is 18.6 Å². The first kappa shape index (κ1) is 15.0. The summed E-state index contributed by atoms with van der Waals surface area (Å²) in [5.74, 6) is -0.902. The molecule has 2 N–H and O–H groups in total. The number of carbonyl (C=O) groups excluding carboxylic acids is 2. The van der Waals surface area contributed by atoms with Gasteiger partial charge in [-0.3, -0.25) is 14.9 Å².